The Morgan fingerprint density at radius 2 is 2.17 bits per heavy atom. The van der Waals surface area contributed by atoms with E-state index < -0.39 is 21.9 Å². The number of methoxy groups -OCH3 is 1. The molecule has 24 heavy (non-hydrogen) atoms. The predicted molar refractivity (Wildman–Crippen MR) is 87.1 cm³/mol. The molecule has 1 aromatic heterocycles. The van der Waals surface area contributed by atoms with E-state index >= 15 is 0 Å². The molecular weight excluding hydrogens is 338 g/mol. The summed E-state index contributed by atoms with van der Waals surface area (Å²) >= 11 is 1.17. The lowest BCUT2D eigenvalue weighted by Gasteiger charge is -2.06. The minimum Gasteiger partial charge on any atom is -0.500 e. The van der Waals surface area contributed by atoms with Gasteiger partial charge < -0.3 is 9.84 Å². The Bertz CT molecular complexity index is 880. The molecule has 10 nitrogen and oxygen atoms in total. The Hall–Kier alpha value is -2.95. The quantitative estimate of drug-likeness (QED) is 0.367. The zero-order valence-corrected chi connectivity index (χ0v) is 13.8. The summed E-state index contributed by atoms with van der Waals surface area (Å²) in [5.74, 6) is -0.657. The molecule has 0 atom stereocenters. The van der Waals surface area contributed by atoms with Crippen molar-refractivity contribution in [3.8, 4) is 11.5 Å². The van der Waals surface area contributed by atoms with Crippen molar-refractivity contribution < 1.29 is 14.8 Å². The van der Waals surface area contributed by atoms with Crippen molar-refractivity contribution in [1.29, 1.82) is 0 Å². The van der Waals surface area contributed by atoms with Gasteiger partial charge in [-0.05, 0) is 19.2 Å². The van der Waals surface area contributed by atoms with Crippen molar-refractivity contribution in [3.63, 3.8) is 0 Å². The van der Waals surface area contributed by atoms with Gasteiger partial charge in [-0.15, -0.1) is 10.2 Å². The molecule has 0 fully saturated rings. The summed E-state index contributed by atoms with van der Waals surface area (Å²) in [5, 5.41) is 32.6. The second-order valence-electron chi connectivity index (χ2n) is 4.48. The molecule has 0 aliphatic carbocycles. The van der Waals surface area contributed by atoms with Crippen LogP contribution in [0.2, 0.25) is 0 Å². The van der Waals surface area contributed by atoms with Gasteiger partial charge in [0.25, 0.3) is 5.56 Å². The number of aromatic hydroxyl groups is 1. The van der Waals surface area contributed by atoms with E-state index in [1.165, 1.54) is 38.1 Å². The maximum atomic E-state index is 12.1. The van der Waals surface area contributed by atoms with Crippen LogP contribution < -0.4 is 10.3 Å². The van der Waals surface area contributed by atoms with Crippen LogP contribution in [-0.4, -0.2) is 44.5 Å². The third kappa shape index (κ3) is 3.35. The van der Waals surface area contributed by atoms with E-state index in [2.05, 4.69) is 15.3 Å². The zero-order valence-electron chi connectivity index (χ0n) is 13.0. The number of benzene rings is 1. The molecule has 0 saturated heterocycles. The lowest BCUT2D eigenvalue weighted by atomic mass is 10.2. The maximum absolute atomic E-state index is 12.1. The highest BCUT2D eigenvalue weighted by Crippen LogP contribution is 2.36. The van der Waals surface area contributed by atoms with Gasteiger partial charge >= 0.3 is 5.69 Å². The van der Waals surface area contributed by atoms with E-state index in [1.807, 2.05) is 0 Å². The number of phenolic OH excluding ortho intramolecular Hbond substituents is 1. The number of nitro groups is 1. The largest absolute Gasteiger partial charge is 0.500 e. The standard InChI is InChI=1S/C13H13N5O5S/c1-7-12(20)17(13(24-3)16-15-7)14-6-8-4-9(18(21)22)11(19)10(5-8)23-2/h4-6,19H,1-3H3/b14-6-. The smallest absolute Gasteiger partial charge is 0.315 e. The Morgan fingerprint density at radius 1 is 1.46 bits per heavy atom. The summed E-state index contributed by atoms with van der Waals surface area (Å²) in [6.07, 6.45) is 2.94. The number of aryl methyl sites for hydroxylation is 1. The number of nitro benzene ring substituents is 1. The van der Waals surface area contributed by atoms with Crippen molar-refractivity contribution in [2.45, 2.75) is 12.1 Å². The number of hydrogen-bond acceptors (Lipinski definition) is 9. The Balaban J connectivity index is 2.54. The zero-order chi connectivity index (χ0) is 17.9. The van der Waals surface area contributed by atoms with E-state index in [4.69, 9.17) is 4.74 Å². The molecule has 0 bridgehead atoms. The Labute approximate surface area is 139 Å². The normalized spacial score (nSPS) is 11.0. The third-order valence-electron chi connectivity index (χ3n) is 2.97. The third-order valence-corrected chi connectivity index (χ3v) is 3.59. The first-order valence-electron chi connectivity index (χ1n) is 6.49. The number of hydrogen-bond donors (Lipinski definition) is 1. The molecule has 0 saturated carbocycles. The topological polar surface area (TPSA) is 133 Å². The Morgan fingerprint density at radius 3 is 2.75 bits per heavy atom. The second-order valence-corrected chi connectivity index (χ2v) is 5.26. The molecule has 1 heterocycles. The highest BCUT2D eigenvalue weighted by molar-refractivity contribution is 7.98. The number of rotatable bonds is 5. The average molecular weight is 351 g/mol. The van der Waals surface area contributed by atoms with Gasteiger partial charge in [-0.2, -0.15) is 9.78 Å². The first-order chi connectivity index (χ1) is 11.4. The van der Waals surface area contributed by atoms with Crippen molar-refractivity contribution in [2.75, 3.05) is 13.4 Å². The number of nitrogens with zero attached hydrogens (tertiary/aromatic N) is 5. The molecule has 0 radical (unpaired) electrons. The summed E-state index contributed by atoms with van der Waals surface area (Å²) in [4.78, 5) is 22.3. The minimum atomic E-state index is -0.743. The number of thioether (sulfide) groups is 1. The second kappa shape index (κ2) is 7.08. The number of ether oxygens (including phenoxy) is 1. The van der Waals surface area contributed by atoms with E-state index in [0.717, 1.165) is 10.7 Å². The van der Waals surface area contributed by atoms with Gasteiger partial charge in [0, 0.05) is 11.6 Å². The molecule has 2 rings (SSSR count). The first-order valence-corrected chi connectivity index (χ1v) is 7.71. The van der Waals surface area contributed by atoms with E-state index in [1.54, 1.807) is 6.26 Å². The molecule has 0 unspecified atom stereocenters. The fourth-order valence-corrected chi connectivity index (χ4v) is 2.21. The molecule has 0 spiro atoms. The molecule has 0 aliphatic heterocycles. The predicted octanol–water partition coefficient (Wildman–Crippen LogP) is 1.17. The minimum absolute atomic E-state index is 0.0767. The summed E-state index contributed by atoms with van der Waals surface area (Å²) in [5.41, 5.74) is -0.549. The van der Waals surface area contributed by atoms with Gasteiger partial charge in [-0.25, -0.2) is 0 Å². The first kappa shape index (κ1) is 17.4. The van der Waals surface area contributed by atoms with Crippen LogP contribution in [0.15, 0.2) is 27.2 Å². The molecule has 0 amide bonds. The number of aromatic nitrogens is 3. The van der Waals surface area contributed by atoms with Crippen LogP contribution in [0.3, 0.4) is 0 Å². The van der Waals surface area contributed by atoms with Crippen LogP contribution in [0.1, 0.15) is 11.3 Å². The summed E-state index contributed by atoms with van der Waals surface area (Å²) < 4.78 is 5.94. The molecular formula is C13H13N5O5S. The van der Waals surface area contributed by atoms with Gasteiger partial charge in [0.2, 0.25) is 10.9 Å². The molecule has 1 aromatic carbocycles. The molecule has 126 valence electrons. The molecule has 11 heteroatoms. The van der Waals surface area contributed by atoms with E-state index in [-0.39, 0.29) is 22.2 Å². The van der Waals surface area contributed by atoms with Crippen molar-refractivity contribution in [2.24, 2.45) is 5.10 Å². The average Bonchev–Trinajstić information content (AvgIpc) is 2.56. The summed E-state index contributed by atoms with van der Waals surface area (Å²) in [6.45, 7) is 1.50. The maximum Gasteiger partial charge on any atom is 0.315 e. The van der Waals surface area contributed by atoms with Crippen LogP contribution in [0.25, 0.3) is 0 Å². The van der Waals surface area contributed by atoms with Gasteiger partial charge in [0.05, 0.1) is 18.2 Å². The van der Waals surface area contributed by atoms with Crippen molar-refractivity contribution in [3.05, 3.63) is 43.9 Å². The van der Waals surface area contributed by atoms with Crippen LogP contribution in [0.4, 0.5) is 5.69 Å². The van der Waals surface area contributed by atoms with Crippen LogP contribution in [-0.2, 0) is 0 Å². The summed E-state index contributed by atoms with van der Waals surface area (Å²) in [7, 11) is 1.27. The fourth-order valence-electron chi connectivity index (χ4n) is 1.78. The fraction of sp³-hybridized carbons (Fsp3) is 0.231. The van der Waals surface area contributed by atoms with E-state index in [9.17, 15) is 20.0 Å². The van der Waals surface area contributed by atoms with Gasteiger partial charge in [-0.3, -0.25) is 14.9 Å². The molecule has 2 aromatic rings. The van der Waals surface area contributed by atoms with Crippen molar-refractivity contribution in [1.82, 2.24) is 14.9 Å². The highest BCUT2D eigenvalue weighted by Gasteiger charge is 2.19. The van der Waals surface area contributed by atoms with Gasteiger partial charge in [-0.1, -0.05) is 11.8 Å². The highest BCUT2D eigenvalue weighted by atomic mass is 32.2. The lowest BCUT2D eigenvalue weighted by Crippen LogP contribution is -2.23. The van der Waals surface area contributed by atoms with Crippen LogP contribution in [0, 0.1) is 17.0 Å². The van der Waals surface area contributed by atoms with Gasteiger partial charge in [0.1, 0.15) is 5.69 Å². The number of phenols is 1. The van der Waals surface area contributed by atoms with Crippen LogP contribution in [0.5, 0.6) is 11.5 Å². The SMILES string of the molecule is COc1cc(/C=N\n2c(SC)nnc(C)c2=O)cc([N+](=O)[O-])c1O. The monoisotopic (exact) mass is 351 g/mol. The van der Waals surface area contributed by atoms with E-state index in [0.29, 0.717) is 0 Å². The molecule has 0 aliphatic rings. The van der Waals surface area contributed by atoms with Gasteiger partial charge in [0.15, 0.2) is 5.75 Å². The molecule has 1 N–H and O–H groups in total. The lowest BCUT2D eigenvalue weighted by molar-refractivity contribution is -0.386. The van der Waals surface area contributed by atoms with Crippen LogP contribution >= 0.6 is 11.8 Å². The van der Waals surface area contributed by atoms with Crippen molar-refractivity contribution >= 4 is 23.7 Å². The Kier molecular flexibility index (Phi) is 5.14. The summed E-state index contributed by atoms with van der Waals surface area (Å²) in [6, 6.07) is 2.48.